The monoisotopic (exact) mass is 663 g/mol. The molecule has 10 heteroatoms. The molecule has 0 bridgehead atoms. The van der Waals surface area contributed by atoms with Gasteiger partial charge in [0, 0.05) is 54.2 Å². The Morgan fingerprint density at radius 3 is 2.87 bits per heavy atom. The third-order valence-electron chi connectivity index (χ3n) is 10.4. The number of nitrogens with zero attached hydrogens (tertiary/aromatic N) is 3. The van der Waals surface area contributed by atoms with Gasteiger partial charge in [-0.05, 0) is 97.9 Å². The van der Waals surface area contributed by atoms with Crippen molar-refractivity contribution in [2.24, 2.45) is 11.8 Å². The van der Waals surface area contributed by atoms with E-state index in [0.29, 0.717) is 31.7 Å². The molecule has 6 atom stereocenters. The molecule has 3 heterocycles. The highest BCUT2D eigenvalue weighted by Gasteiger charge is 2.45. The van der Waals surface area contributed by atoms with Crippen LogP contribution in [0.1, 0.15) is 66.9 Å². The number of aryl methyl sites for hydroxylation is 1. The van der Waals surface area contributed by atoms with Crippen molar-refractivity contribution in [2.45, 2.75) is 79.9 Å². The second kappa shape index (κ2) is 13.7. The minimum absolute atomic E-state index is 0.164. The van der Waals surface area contributed by atoms with Gasteiger partial charge in [-0.15, -0.1) is 0 Å². The largest absolute Gasteiger partial charge is 0.490 e. The fourth-order valence-electron chi connectivity index (χ4n) is 7.92. The minimum atomic E-state index is -0.924. The lowest BCUT2D eigenvalue weighted by Crippen LogP contribution is -2.50. The normalized spacial score (nSPS) is 27.9. The number of halogens is 1. The van der Waals surface area contributed by atoms with E-state index in [-0.39, 0.29) is 28.4 Å². The summed E-state index contributed by atoms with van der Waals surface area (Å²) in [6, 6.07) is 13.4. The molecule has 2 aliphatic carbocycles. The third-order valence-corrected chi connectivity index (χ3v) is 11.6. The average Bonchev–Trinajstić information content (AvgIpc) is 3.19. The van der Waals surface area contributed by atoms with Crippen LogP contribution in [0.2, 0.25) is 5.02 Å². The van der Waals surface area contributed by atoms with Crippen molar-refractivity contribution in [3.8, 4) is 5.75 Å². The first kappa shape index (κ1) is 31.7. The maximum Gasteiger partial charge on any atom is 0.335 e. The summed E-state index contributed by atoms with van der Waals surface area (Å²) in [6.45, 7) is 5.70. The molecule has 1 saturated heterocycles. The number of carboxylic acids is 1. The van der Waals surface area contributed by atoms with Gasteiger partial charge >= 0.3 is 5.97 Å². The van der Waals surface area contributed by atoms with Gasteiger partial charge in [-0.2, -0.15) is 0 Å². The number of thioether (sulfide) groups is 1. The van der Waals surface area contributed by atoms with Crippen LogP contribution in [-0.4, -0.2) is 71.4 Å². The summed E-state index contributed by atoms with van der Waals surface area (Å²) in [5.74, 6) is 0.721. The zero-order valence-corrected chi connectivity index (χ0v) is 27.8. The number of aromatic nitrogens is 2. The van der Waals surface area contributed by atoms with Crippen LogP contribution in [-0.2, 0) is 21.3 Å². The van der Waals surface area contributed by atoms with E-state index in [1.54, 1.807) is 36.3 Å². The molecule has 0 amide bonds. The molecule has 244 valence electrons. The van der Waals surface area contributed by atoms with E-state index in [1.807, 2.05) is 18.2 Å². The van der Waals surface area contributed by atoms with E-state index in [9.17, 15) is 9.90 Å². The summed E-state index contributed by atoms with van der Waals surface area (Å²) in [5, 5.41) is 11.7. The van der Waals surface area contributed by atoms with Crippen LogP contribution in [0.15, 0.2) is 60.0 Å². The molecule has 1 saturated carbocycles. The zero-order chi connectivity index (χ0) is 31.7. The minimum Gasteiger partial charge on any atom is -0.490 e. The van der Waals surface area contributed by atoms with Crippen LogP contribution in [0.3, 0.4) is 0 Å². The van der Waals surface area contributed by atoms with E-state index in [0.717, 1.165) is 79.7 Å². The first-order valence-electron chi connectivity index (χ1n) is 16.6. The van der Waals surface area contributed by atoms with Crippen molar-refractivity contribution < 1.29 is 24.1 Å². The standard InChI is InChI=1S/C36H42ClN3O5S/c1-23(46-35-38-13-3-14-39-35)20-44-28-11-15-43-33(18-28)29-8-5-26(29)19-40-21-36(12-2-4-24-16-27(37)7-9-30(24)36)22-45-32-10-6-25(34(41)42)17-31(32)40/h3,6-7,9-10,13-14,16-17,23,26,28-29,33H,2,4-5,8,11-12,15,18-22H2,1H3,(H,41,42)/t23-,26+,28-,29-,33+,36?/m1/s1. The lowest BCUT2D eigenvalue weighted by molar-refractivity contribution is -0.116. The second-order valence-electron chi connectivity index (χ2n) is 13.4. The molecule has 2 aromatic carbocycles. The van der Waals surface area contributed by atoms with Crippen LogP contribution in [0.4, 0.5) is 5.69 Å². The number of hydrogen-bond acceptors (Lipinski definition) is 8. The molecule has 46 heavy (non-hydrogen) atoms. The molecule has 1 N–H and O–H groups in total. The molecule has 1 spiro atoms. The predicted octanol–water partition coefficient (Wildman–Crippen LogP) is 7.07. The van der Waals surface area contributed by atoms with Gasteiger partial charge in [0.2, 0.25) is 0 Å². The van der Waals surface area contributed by atoms with Crippen molar-refractivity contribution in [2.75, 3.05) is 37.8 Å². The number of hydrogen-bond donors (Lipinski definition) is 1. The smallest absolute Gasteiger partial charge is 0.335 e. The molecule has 0 radical (unpaired) electrons. The number of anilines is 1. The molecule has 4 aliphatic rings. The molecular formula is C36H42ClN3O5S. The van der Waals surface area contributed by atoms with Crippen LogP contribution in [0.5, 0.6) is 5.75 Å². The average molecular weight is 664 g/mol. The van der Waals surface area contributed by atoms with Crippen molar-refractivity contribution in [1.29, 1.82) is 0 Å². The van der Waals surface area contributed by atoms with Gasteiger partial charge in [-0.1, -0.05) is 36.4 Å². The number of aromatic carboxylic acids is 1. The number of ether oxygens (including phenoxy) is 3. The Morgan fingerprint density at radius 1 is 1.20 bits per heavy atom. The van der Waals surface area contributed by atoms with Crippen molar-refractivity contribution in [1.82, 2.24) is 9.97 Å². The Bertz CT molecular complexity index is 1550. The van der Waals surface area contributed by atoms with Crippen molar-refractivity contribution in [3.63, 3.8) is 0 Å². The van der Waals surface area contributed by atoms with E-state index in [2.05, 4.69) is 33.9 Å². The molecule has 2 fully saturated rings. The quantitative estimate of drug-likeness (QED) is 0.191. The summed E-state index contributed by atoms with van der Waals surface area (Å²) >= 11 is 8.07. The SMILES string of the molecule is C[C@H](CO[C@@H]1CCO[C@H]([C@@H]2CC[C@H]2CN2CC3(CCCc4cc(Cl)ccc43)COc3ccc(C(=O)O)cc32)C1)Sc1ncccn1. The summed E-state index contributed by atoms with van der Waals surface area (Å²) in [6.07, 6.45) is 11.1. The topological polar surface area (TPSA) is 94.0 Å². The van der Waals surface area contributed by atoms with Crippen molar-refractivity contribution in [3.05, 3.63) is 76.6 Å². The number of carboxylic acid groups (broad SMARTS) is 1. The highest BCUT2D eigenvalue weighted by Crippen LogP contribution is 2.47. The lowest BCUT2D eigenvalue weighted by Gasteiger charge is -2.47. The summed E-state index contributed by atoms with van der Waals surface area (Å²) in [4.78, 5) is 23.1. The highest BCUT2D eigenvalue weighted by atomic mass is 35.5. The Morgan fingerprint density at radius 2 is 2.07 bits per heavy atom. The van der Waals surface area contributed by atoms with Gasteiger partial charge < -0.3 is 24.2 Å². The van der Waals surface area contributed by atoms with E-state index >= 15 is 0 Å². The Hall–Kier alpha value is -2.85. The lowest BCUT2D eigenvalue weighted by atomic mass is 9.67. The molecule has 7 rings (SSSR count). The van der Waals surface area contributed by atoms with Gasteiger partial charge in [-0.3, -0.25) is 0 Å². The van der Waals surface area contributed by atoms with Gasteiger partial charge in [-0.25, -0.2) is 14.8 Å². The number of benzene rings is 2. The number of fused-ring (bicyclic) bond motifs is 3. The van der Waals surface area contributed by atoms with Crippen molar-refractivity contribution >= 4 is 35.0 Å². The van der Waals surface area contributed by atoms with Gasteiger partial charge in [0.1, 0.15) is 5.75 Å². The number of carbonyl (C=O) groups is 1. The molecule has 1 unspecified atom stereocenters. The van der Waals surface area contributed by atoms with E-state index < -0.39 is 5.97 Å². The molecular weight excluding hydrogens is 622 g/mol. The maximum atomic E-state index is 12.0. The van der Waals surface area contributed by atoms with E-state index in [1.165, 1.54) is 11.1 Å². The molecule has 1 aromatic heterocycles. The van der Waals surface area contributed by atoms with Gasteiger partial charge in [0.25, 0.3) is 0 Å². The number of rotatable bonds is 9. The Balaban J connectivity index is 1.06. The summed E-state index contributed by atoms with van der Waals surface area (Å²) in [5.41, 5.74) is 3.58. The van der Waals surface area contributed by atoms with Crippen LogP contribution in [0.25, 0.3) is 0 Å². The predicted molar refractivity (Wildman–Crippen MR) is 179 cm³/mol. The fraction of sp³-hybridized carbons (Fsp3) is 0.528. The third kappa shape index (κ3) is 6.75. The van der Waals surface area contributed by atoms with Crippen LogP contribution >= 0.6 is 23.4 Å². The van der Waals surface area contributed by atoms with Gasteiger partial charge in [0.15, 0.2) is 5.16 Å². The molecule has 2 aliphatic heterocycles. The fourth-order valence-corrected chi connectivity index (χ4v) is 8.86. The van der Waals surface area contributed by atoms with Crippen LogP contribution < -0.4 is 9.64 Å². The van der Waals surface area contributed by atoms with Gasteiger partial charge in [0.05, 0.1) is 36.7 Å². The zero-order valence-electron chi connectivity index (χ0n) is 26.3. The first-order valence-corrected chi connectivity index (χ1v) is 17.8. The maximum absolute atomic E-state index is 12.0. The summed E-state index contributed by atoms with van der Waals surface area (Å²) in [7, 11) is 0. The molecule has 8 nitrogen and oxygen atoms in total. The Labute approximate surface area is 280 Å². The second-order valence-corrected chi connectivity index (χ2v) is 15.3. The highest BCUT2D eigenvalue weighted by molar-refractivity contribution is 7.99. The van der Waals surface area contributed by atoms with Crippen LogP contribution in [0, 0.1) is 11.8 Å². The first-order chi connectivity index (χ1) is 22.4. The summed E-state index contributed by atoms with van der Waals surface area (Å²) < 4.78 is 19.4. The molecule has 3 aromatic rings. The Kier molecular flexibility index (Phi) is 9.46. The van der Waals surface area contributed by atoms with E-state index in [4.69, 9.17) is 25.8 Å².